The van der Waals surface area contributed by atoms with Crippen molar-refractivity contribution in [3.8, 4) is 0 Å². The Morgan fingerprint density at radius 2 is 2.25 bits per heavy atom. The van der Waals surface area contributed by atoms with Crippen molar-refractivity contribution in [2.75, 3.05) is 13.1 Å². The van der Waals surface area contributed by atoms with Crippen LogP contribution in [0.15, 0.2) is 34.8 Å². The van der Waals surface area contributed by atoms with E-state index >= 15 is 0 Å². The van der Waals surface area contributed by atoms with Crippen molar-refractivity contribution in [3.05, 3.63) is 40.4 Å². The molecule has 0 unspecified atom stereocenters. The van der Waals surface area contributed by atoms with Gasteiger partial charge in [0, 0.05) is 31.9 Å². The molecule has 1 saturated heterocycles. The fourth-order valence-electron chi connectivity index (χ4n) is 1.78. The van der Waals surface area contributed by atoms with E-state index < -0.39 is 12.0 Å². The lowest BCUT2D eigenvalue weighted by atomic mass is 10.2. The van der Waals surface area contributed by atoms with Crippen LogP contribution in [-0.2, 0) is 11.3 Å². The van der Waals surface area contributed by atoms with E-state index in [4.69, 9.17) is 0 Å². The summed E-state index contributed by atoms with van der Waals surface area (Å²) in [7, 11) is 0. The molecule has 1 aromatic heterocycles. The molecule has 0 aliphatic carbocycles. The molecule has 0 aromatic carbocycles. The van der Waals surface area contributed by atoms with E-state index in [-0.39, 0.29) is 5.82 Å². The Morgan fingerprint density at radius 3 is 2.85 bits per heavy atom. The van der Waals surface area contributed by atoms with Crippen molar-refractivity contribution in [1.29, 1.82) is 0 Å². The minimum absolute atomic E-state index is 0.190. The summed E-state index contributed by atoms with van der Waals surface area (Å²) in [6.07, 6.45) is -2.62. The average Bonchev–Trinajstić information content (AvgIpc) is 2.78. The molecule has 20 heavy (non-hydrogen) atoms. The van der Waals surface area contributed by atoms with Gasteiger partial charge >= 0.3 is 6.18 Å². The molecule has 0 amide bonds. The van der Waals surface area contributed by atoms with Crippen molar-refractivity contribution in [2.24, 2.45) is 0 Å². The third kappa shape index (κ3) is 3.72. The summed E-state index contributed by atoms with van der Waals surface area (Å²) < 4.78 is 37.4. The van der Waals surface area contributed by atoms with E-state index in [1.54, 1.807) is 17.2 Å². The lowest BCUT2D eigenvalue weighted by Crippen LogP contribution is -2.25. The number of halogens is 4. The Balaban J connectivity index is 2.09. The van der Waals surface area contributed by atoms with Crippen LogP contribution >= 0.6 is 15.9 Å². The molecule has 1 aliphatic rings. The van der Waals surface area contributed by atoms with Crippen LogP contribution in [0.1, 0.15) is 5.56 Å². The summed E-state index contributed by atoms with van der Waals surface area (Å²) in [5.41, 5.74) is 0.849. The number of allylic oxidation sites excluding steroid dienone is 1. The highest BCUT2D eigenvalue weighted by molar-refractivity contribution is 9.10. The number of alkyl halides is 3. The normalized spacial score (nSPS) is 17.4. The highest BCUT2D eigenvalue weighted by atomic mass is 79.9. The topological polar surface area (TPSA) is 45.2 Å². The number of carbonyl (C=O) groups excluding carboxylic acids is 1. The fraction of sp³-hybridized carbons (Fsp3) is 0.333. The van der Waals surface area contributed by atoms with E-state index in [1.807, 2.05) is 6.07 Å². The summed E-state index contributed by atoms with van der Waals surface area (Å²) in [6.45, 7) is 1.43. The Kier molecular flexibility index (Phi) is 4.32. The summed E-state index contributed by atoms with van der Waals surface area (Å²) in [4.78, 5) is 16.7. The van der Waals surface area contributed by atoms with Crippen molar-refractivity contribution < 1.29 is 18.0 Å². The average molecular weight is 350 g/mol. The van der Waals surface area contributed by atoms with Gasteiger partial charge in [-0.25, -0.2) is 4.98 Å². The number of hydrogen-bond acceptors (Lipinski definition) is 4. The molecule has 0 atom stereocenters. The summed E-state index contributed by atoms with van der Waals surface area (Å²) >= 11 is 3.21. The Bertz CT molecular complexity index is 528. The molecule has 0 radical (unpaired) electrons. The van der Waals surface area contributed by atoms with Crippen molar-refractivity contribution >= 4 is 21.7 Å². The van der Waals surface area contributed by atoms with Crippen LogP contribution in [0.5, 0.6) is 0 Å². The fourth-order valence-corrected chi connectivity index (χ4v) is 2.02. The number of nitrogens with zero attached hydrogens (tertiary/aromatic N) is 2. The molecule has 1 N–H and O–H groups in total. The van der Waals surface area contributed by atoms with E-state index in [1.165, 1.54) is 0 Å². The van der Waals surface area contributed by atoms with Crippen LogP contribution in [0, 0.1) is 0 Å². The van der Waals surface area contributed by atoms with Crippen molar-refractivity contribution in [3.63, 3.8) is 0 Å². The van der Waals surface area contributed by atoms with Gasteiger partial charge in [-0.3, -0.25) is 4.79 Å². The molecule has 2 rings (SSSR count). The van der Waals surface area contributed by atoms with Gasteiger partial charge in [0.1, 0.15) is 10.4 Å². The molecule has 1 fully saturated rings. The first-order chi connectivity index (χ1) is 9.36. The van der Waals surface area contributed by atoms with Gasteiger partial charge in [0.25, 0.3) is 5.78 Å². The summed E-state index contributed by atoms with van der Waals surface area (Å²) in [5, 5.41) is 2.78. The molecule has 0 bridgehead atoms. The molecule has 0 saturated carbocycles. The van der Waals surface area contributed by atoms with Gasteiger partial charge in [-0.15, -0.1) is 0 Å². The van der Waals surface area contributed by atoms with E-state index in [2.05, 4.69) is 26.2 Å². The van der Waals surface area contributed by atoms with Gasteiger partial charge in [-0.05, 0) is 27.6 Å². The Morgan fingerprint density at radius 1 is 1.50 bits per heavy atom. The van der Waals surface area contributed by atoms with Crippen molar-refractivity contribution in [2.45, 2.75) is 12.7 Å². The second-order valence-electron chi connectivity index (χ2n) is 4.23. The quantitative estimate of drug-likeness (QED) is 0.671. The third-order valence-corrected chi connectivity index (χ3v) is 3.21. The molecule has 2 heterocycles. The van der Waals surface area contributed by atoms with Gasteiger partial charge in [0.15, 0.2) is 0 Å². The first kappa shape index (κ1) is 14.8. The molecular weight excluding hydrogens is 339 g/mol. The van der Waals surface area contributed by atoms with Gasteiger partial charge in [0.2, 0.25) is 0 Å². The van der Waals surface area contributed by atoms with Gasteiger partial charge in [-0.2, -0.15) is 13.2 Å². The maximum atomic E-state index is 12.2. The lowest BCUT2D eigenvalue weighted by molar-refractivity contribution is -0.165. The maximum Gasteiger partial charge on any atom is 0.454 e. The minimum Gasteiger partial charge on any atom is -0.370 e. The van der Waals surface area contributed by atoms with Crippen molar-refractivity contribution in [1.82, 2.24) is 15.2 Å². The van der Waals surface area contributed by atoms with Crippen LogP contribution < -0.4 is 5.32 Å². The third-order valence-electron chi connectivity index (χ3n) is 2.74. The number of ketones is 1. The molecule has 8 heteroatoms. The zero-order chi connectivity index (χ0) is 14.8. The van der Waals surface area contributed by atoms with E-state index in [0.29, 0.717) is 30.3 Å². The molecule has 1 aliphatic heterocycles. The number of rotatable bonds is 3. The molecule has 4 nitrogen and oxygen atoms in total. The molecule has 0 spiro atoms. The zero-order valence-corrected chi connectivity index (χ0v) is 11.8. The van der Waals surface area contributed by atoms with E-state index in [9.17, 15) is 18.0 Å². The first-order valence-corrected chi connectivity index (χ1v) is 6.57. The standard InChI is InChI=1S/C12H11BrF3N3O/c13-10-2-1-8(6-18-10)7-19-4-3-17-11(19)5-9(20)12(14,15)16/h1-2,5-6,17H,3-4,7H2. The number of pyridine rings is 1. The smallest absolute Gasteiger partial charge is 0.370 e. The zero-order valence-electron chi connectivity index (χ0n) is 10.2. The highest BCUT2D eigenvalue weighted by Gasteiger charge is 2.37. The number of hydrogen-bond donors (Lipinski definition) is 1. The van der Waals surface area contributed by atoms with Crippen LogP contribution in [-0.4, -0.2) is 34.9 Å². The van der Waals surface area contributed by atoms with Crippen LogP contribution in [0.4, 0.5) is 13.2 Å². The number of carbonyl (C=O) groups is 1. The van der Waals surface area contributed by atoms with Crippen LogP contribution in [0.3, 0.4) is 0 Å². The van der Waals surface area contributed by atoms with Gasteiger partial charge in [0.05, 0.1) is 0 Å². The summed E-state index contributed by atoms with van der Waals surface area (Å²) in [6, 6.07) is 3.57. The predicted molar refractivity (Wildman–Crippen MR) is 69.5 cm³/mol. The highest BCUT2D eigenvalue weighted by Crippen LogP contribution is 2.20. The second kappa shape index (κ2) is 5.82. The predicted octanol–water partition coefficient (Wildman–Crippen LogP) is 2.22. The second-order valence-corrected chi connectivity index (χ2v) is 5.04. The van der Waals surface area contributed by atoms with E-state index in [0.717, 1.165) is 5.56 Å². The van der Waals surface area contributed by atoms with Crippen LogP contribution in [0.25, 0.3) is 0 Å². The monoisotopic (exact) mass is 349 g/mol. The first-order valence-electron chi connectivity index (χ1n) is 5.78. The SMILES string of the molecule is O=C(C=C1NCCN1Cc1ccc(Br)nc1)C(F)(F)F. The van der Waals surface area contributed by atoms with Crippen LogP contribution in [0.2, 0.25) is 0 Å². The molecule has 1 aromatic rings. The number of aromatic nitrogens is 1. The minimum atomic E-state index is -4.85. The molecule has 108 valence electrons. The van der Waals surface area contributed by atoms with Gasteiger partial charge < -0.3 is 10.2 Å². The summed E-state index contributed by atoms with van der Waals surface area (Å²) in [5.74, 6) is -1.67. The van der Waals surface area contributed by atoms with Gasteiger partial charge in [-0.1, -0.05) is 6.07 Å². The molecular formula is C12H11BrF3N3O. The number of nitrogens with one attached hydrogen (secondary N) is 1. The Labute approximate surface area is 121 Å². The maximum absolute atomic E-state index is 12.2. The lowest BCUT2D eigenvalue weighted by Gasteiger charge is -2.18. The Hall–Kier alpha value is -1.57. The largest absolute Gasteiger partial charge is 0.454 e.